The second kappa shape index (κ2) is 6.56. The molecule has 10 heteroatoms. The van der Waals surface area contributed by atoms with E-state index in [1.54, 1.807) is 0 Å². The molecule has 23 heavy (non-hydrogen) atoms. The predicted molar refractivity (Wildman–Crippen MR) is 81.6 cm³/mol. The molecule has 0 amide bonds. The van der Waals surface area contributed by atoms with Gasteiger partial charge in [0, 0.05) is 0 Å². The van der Waals surface area contributed by atoms with Gasteiger partial charge in [-0.2, -0.15) is 9.97 Å². The number of anilines is 2. The Morgan fingerprint density at radius 1 is 1.09 bits per heavy atom. The minimum Gasteiger partial charge on any atom is -0.456 e. The quantitative estimate of drug-likeness (QED) is 0.593. The topological polar surface area (TPSA) is 148 Å². The van der Waals surface area contributed by atoms with E-state index in [0.29, 0.717) is 0 Å². The van der Waals surface area contributed by atoms with Crippen LogP contribution in [0.4, 0.5) is 16.6 Å². The number of rotatable bonds is 5. The predicted octanol–water partition coefficient (Wildman–Crippen LogP) is 0.504. The van der Waals surface area contributed by atoms with Crippen LogP contribution in [-0.4, -0.2) is 44.8 Å². The molecule has 0 aliphatic carbocycles. The van der Waals surface area contributed by atoms with Gasteiger partial charge in [0.25, 0.3) is 0 Å². The number of aromatic nitrogens is 4. The monoisotopic (exact) mass is 318 g/mol. The number of esters is 1. The summed E-state index contributed by atoms with van der Waals surface area (Å²) in [6.07, 6.45) is 1.83. The van der Waals surface area contributed by atoms with Gasteiger partial charge in [0.2, 0.25) is 11.8 Å². The average Bonchev–Trinajstić information content (AvgIpc) is 2.89. The molecule has 0 radical (unpaired) electrons. The summed E-state index contributed by atoms with van der Waals surface area (Å²) in [5, 5.41) is 0. The third-order valence-electron chi connectivity index (χ3n) is 2.58. The molecule has 0 unspecified atom stereocenters. The van der Waals surface area contributed by atoms with Crippen LogP contribution in [0.25, 0.3) is 11.2 Å². The smallest absolute Gasteiger partial charge is 0.420 e. The zero-order valence-electron chi connectivity index (χ0n) is 12.1. The summed E-state index contributed by atoms with van der Waals surface area (Å²) in [6.45, 7) is 6.72. The van der Waals surface area contributed by atoms with Crippen molar-refractivity contribution in [2.24, 2.45) is 0 Å². The fourth-order valence-electron chi connectivity index (χ4n) is 1.73. The first kappa shape index (κ1) is 15.9. The normalized spacial score (nSPS) is 10.3. The van der Waals surface area contributed by atoms with Gasteiger partial charge < -0.3 is 20.9 Å². The minimum atomic E-state index is -0.905. The molecule has 0 spiro atoms. The van der Waals surface area contributed by atoms with Crippen molar-refractivity contribution >= 4 is 35.0 Å². The third-order valence-corrected chi connectivity index (χ3v) is 2.58. The molecule has 10 nitrogen and oxygen atoms in total. The molecule has 0 saturated heterocycles. The van der Waals surface area contributed by atoms with Crippen LogP contribution >= 0.6 is 0 Å². The number of imidazole rings is 1. The van der Waals surface area contributed by atoms with Gasteiger partial charge in [-0.05, 0) is 0 Å². The van der Waals surface area contributed by atoms with E-state index in [1.807, 2.05) is 0 Å². The van der Waals surface area contributed by atoms with Crippen molar-refractivity contribution in [2.45, 2.75) is 0 Å². The molecule has 0 atom stereocenters. The zero-order valence-corrected chi connectivity index (χ0v) is 12.1. The lowest BCUT2D eigenvalue weighted by atomic mass is 10.5. The number of nitrogens with zero attached hydrogens (tertiary/aromatic N) is 4. The summed E-state index contributed by atoms with van der Waals surface area (Å²) in [5.74, 6) is -1.51. The SMILES string of the molecule is C=CCOC(=O)c1nc2nc(N)nc(N)c2n1C(=O)OCC=C. The van der Waals surface area contributed by atoms with Gasteiger partial charge in [-0.25, -0.2) is 19.1 Å². The van der Waals surface area contributed by atoms with E-state index in [4.69, 9.17) is 20.9 Å². The van der Waals surface area contributed by atoms with E-state index in [1.165, 1.54) is 12.2 Å². The van der Waals surface area contributed by atoms with Crippen molar-refractivity contribution in [2.75, 3.05) is 24.7 Å². The Bertz CT molecular complexity index is 797. The van der Waals surface area contributed by atoms with Crippen molar-refractivity contribution in [3.05, 3.63) is 31.1 Å². The Morgan fingerprint density at radius 3 is 2.39 bits per heavy atom. The van der Waals surface area contributed by atoms with Crippen molar-refractivity contribution in [1.29, 1.82) is 0 Å². The summed E-state index contributed by atoms with van der Waals surface area (Å²) >= 11 is 0. The van der Waals surface area contributed by atoms with Crippen LogP contribution in [0.2, 0.25) is 0 Å². The number of hydrogen-bond donors (Lipinski definition) is 2. The maximum absolute atomic E-state index is 12.2. The van der Waals surface area contributed by atoms with Crippen LogP contribution in [0, 0.1) is 0 Å². The highest BCUT2D eigenvalue weighted by molar-refractivity contribution is 6.00. The molecule has 0 saturated carbocycles. The Balaban J connectivity index is 2.62. The molecule has 2 aromatic rings. The number of hydrogen-bond acceptors (Lipinski definition) is 9. The molecule has 0 aliphatic rings. The lowest BCUT2D eigenvalue weighted by Crippen LogP contribution is -2.21. The van der Waals surface area contributed by atoms with Crippen molar-refractivity contribution in [1.82, 2.24) is 19.5 Å². The first-order chi connectivity index (χ1) is 11.0. The highest BCUT2D eigenvalue weighted by Gasteiger charge is 2.27. The number of carbonyl (C=O) groups is 2. The number of nitrogen functional groups attached to an aromatic ring is 2. The van der Waals surface area contributed by atoms with Gasteiger partial charge >= 0.3 is 12.1 Å². The minimum absolute atomic E-state index is 0.00110. The lowest BCUT2D eigenvalue weighted by Gasteiger charge is -2.07. The maximum Gasteiger partial charge on any atom is 0.420 e. The van der Waals surface area contributed by atoms with E-state index in [-0.39, 0.29) is 42.0 Å². The molecule has 120 valence electrons. The Kier molecular flexibility index (Phi) is 4.55. The fraction of sp³-hybridized carbons (Fsp3) is 0.154. The van der Waals surface area contributed by atoms with E-state index in [0.717, 1.165) is 4.57 Å². The van der Waals surface area contributed by atoms with E-state index in [2.05, 4.69) is 28.1 Å². The maximum atomic E-state index is 12.2. The van der Waals surface area contributed by atoms with Crippen molar-refractivity contribution in [3.8, 4) is 0 Å². The molecular formula is C13H14N6O4. The molecule has 0 aromatic carbocycles. The second-order valence-electron chi connectivity index (χ2n) is 4.16. The summed E-state index contributed by atoms with van der Waals surface area (Å²) in [6, 6.07) is 0. The molecule has 4 N–H and O–H groups in total. The summed E-state index contributed by atoms with van der Waals surface area (Å²) in [4.78, 5) is 35.8. The van der Waals surface area contributed by atoms with Crippen molar-refractivity contribution < 1.29 is 19.1 Å². The van der Waals surface area contributed by atoms with E-state index in [9.17, 15) is 9.59 Å². The number of ether oxygens (including phenoxy) is 2. The molecule has 2 aromatic heterocycles. The Hall–Kier alpha value is -3.43. The second-order valence-corrected chi connectivity index (χ2v) is 4.16. The molecule has 2 heterocycles. The zero-order chi connectivity index (χ0) is 17.0. The molecule has 0 bridgehead atoms. The van der Waals surface area contributed by atoms with Crippen LogP contribution in [0.15, 0.2) is 25.3 Å². The van der Waals surface area contributed by atoms with Gasteiger partial charge in [-0.1, -0.05) is 25.3 Å². The van der Waals surface area contributed by atoms with Gasteiger partial charge in [0.05, 0.1) is 0 Å². The number of nitrogens with two attached hydrogens (primary N) is 2. The van der Waals surface area contributed by atoms with Gasteiger partial charge in [0.15, 0.2) is 11.5 Å². The van der Waals surface area contributed by atoms with Crippen LogP contribution in [0.3, 0.4) is 0 Å². The van der Waals surface area contributed by atoms with Crippen LogP contribution in [0.1, 0.15) is 10.6 Å². The average molecular weight is 318 g/mol. The van der Waals surface area contributed by atoms with Crippen molar-refractivity contribution in [3.63, 3.8) is 0 Å². The first-order valence-corrected chi connectivity index (χ1v) is 6.37. The summed E-state index contributed by atoms with van der Waals surface area (Å²) < 4.78 is 10.6. The van der Waals surface area contributed by atoms with Crippen LogP contribution in [0.5, 0.6) is 0 Å². The van der Waals surface area contributed by atoms with E-state index < -0.39 is 12.1 Å². The largest absolute Gasteiger partial charge is 0.456 e. The van der Waals surface area contributed by atoms with Gasteiger partial charge in [0.1, 0.15) is 18.7 Å². The standard InChI is InChI=1S/C13H14N6O4/c1-3-5-22-11(20)10-17-9-7(8(14)16-12(15)18-9)19(10)13(21)23-6-4-2/h3-4H,1-2,5-6H2,(H4,14,15,16,18). The molecule has 2 rings (SSSR count). The van der Waals surface area contributed by atoms with E-state index >= 15 is 0 Å². The summed E-state index contributed by atoms with van der Waals surface area (Å²) in [7, 11) is 0. The highest BCUT2D eigenvalue weighted by atomic mass is 16.6. The Labute approximate surface area is 130 Å². The molecular weight excluding hydrogens is 304 g/mol. The number of carbonyl (C=O) groups excluding carboxylic acids is 2. The molecule has 0 aliphatic heterocycles. The summed E-state index contributed by atoms with van der Waals surface area (Å²) in [5.41, 5.74) is 11.2. The number of fused-ring (bicyclic) bond motifs is 1. The third kappa shape index (κ3) is 3.10. The lowest BCUT2D eigenvalue weighted by molar-refractivity contribution is 0.0528. The van der Waals surface area contributed by atoms with Crippen LogP contribution < -0.4 is 11.5 Å². The van der Waals surface area contributed by atoms with Gasteiger partial charge in [-0.15, -0.1) is 0 Å². The van der Waals surface area contributed by atoms with Gasteiger partial charge in [-0.3, -0.25) is 0 Å². The fourth-order valence-corrected chi connectivity index (χ4v) is 1.73. The first-order valence-electron chi connectivity index (χ1n) is 6.37. The Morgan fingerprint density at radius 2 is 1.74 bits per heavy atom. The molecule has 0 fully saturated rings. The highest BCUT2D eigenvalue weighted by Crippen LogP contribution is 2.21. The van der Waals surface area contributed by atoms with Crippen LogP contribution in [-0.2, 0) is 9.47 Å².